The minimum Gasteiger partial charge on any atom is -0.404 e. The number of benzene rings is 2. The predicted molar refractivity (Wildman–Crippen MR) is 131 cm³/mol. The summed E-state index contributed by atoms with van der Waals surface area (Å²) in [6, 6.07) is 21.7. The Morgan fingerprint density at radius 1 is 0.828 bits per heavy atom. The van der Waals surface area contributed by atoms with Crippen molar-refractivity contribution in [3.05, 3.63) is 84.0 Å². The van der Waals surface area contributed by atoms with Crippen molar-refractivity contribution in [3.63, 3.8) is 0 Å². The minimum absolute atomic E-state index is 0.0262. The third-order valence-corrected chi connectivity index (χ3v) is 10.7. The van der Waals surface area contributed by atoms with Crippen LogP contribution in [-0.2, 0) is 4.43 Å². The van der Waals surface area contributed by atoms with E-state index >= 15 is 0 Å². The van der Waals surface area contributed by atoms with Crippen molar-refractivity contribution in [1.82, 2.24) is 0 Å². The van der Waals surface area contributed by atoms with Gasteiger partial charge in [0.2, 0.25) is 0 Å². The molecule has 0 heterocycles. The van der Waals surface area contributed by atoms with Gasteiger partial charge in [0.1, 0.15) is 0 Å². The molecule has 0 aromatic heterocycles. The molecule has 0 saturated carbocycles. The average Bonchev–Trinajstić information content (AvgIpc) is 2.71. The first-order valence-electron chi connectivity index (χ1n) is 10.9. The lowest BCUT2D eigenvalue weighted by Gasteiger charge is -2.42. The molecule has 2 aromatic rings. The van der Waals surface area contributed by atoms with E-state index in [1.807, 2.05) is 0 Å². The second kappa shape index (κ2) is 10.8. The molecule has 0 spiro atoms. The quantitative estimate of drug-likeness (QED) is 0.335. The first-order valence-corrected chi connectivity index (χ1v) is 12.8. The van der Waals surface area contributed by atoms with Gasteiger partial charge in [0.05, 0.1) is 6.61 Å². The van der Waals surface area contributed by atoms with E-state index in [1.165, 1.54) is 21.5 Å². The maximum absolute atomic E-state index is 6.93. The molecule has 0 saturated heterocycles. The maximum atomic E-state index is 6.93. The highest BCUT2D eigenvalue weighted by Crippen LogP contribution is 2.36. The lowest BCUT2D eigenvalue weighted by molar-refractivity contribution is 0.338. The highest BCUT2D eigenvalue weighted by atomic mass is 28.4. The molecule has 2 aromatic carbocycles. The third-order valence-electron chi connectivity index (χ3n) is 5.74. The molecule has 0 aliphatic rings. The minimum atomic E-state index is -2.43. The van der Waals surface area contributed by atoms with Crippen LogP contribution in [0.5, 0.6) is 0 Å². The van der Waals surface area contributed by atoms with E-state index in [0.717, 1.165) is 19.3 Å². The monoisotopic (exact) mass is 406 g/mol. The van der Waals surface area contributed by atoms with Crippen molar-refractivity contribution >= 4 is 18.7 Å². The third kappa shape index (κ3) is 6.04. The van der Waals surface area contributed by atoms with Crippen LogP contribution in [0.1, 0.15) is 60.8 Å². The summed E-state index contributed by atoms with van der Waals surface area (Å²) in [7, 11) is -2.43. The van der Waals surface area contributed by atoms with E-state index in [9.17, 15) is 0 Å². The molecule has 1 nitrogen and oxygen atoms in total. The smallest absolute Gasteiger partial charge is 0.261 e. The number of rotatable bonds is 9. The molecule has 0 unspecified atom stereocenters. The molecular weight excluding hydrogens is 368 g/mol. The summed E-state index contributed by atoms with van der Waals surface area (Å²) < 4.78 is 6.93. The van der Waals surface area contributed by atoms with Gasteiger partial charge in [-0.25, -0.2) is 0 Å². The van der Waals surface area contributed by atoms with E-state index in [1.54, 1.807) is 0 Å². The molecule has 0 atom stereocenters. The molecule has 156 valence electrons. The van der Waals surface area contributed by atoms with Gasteiger partial charge in [-0.2, -0.15) is 0 Å². The zero-order valence-corrected chi connectivity index (χ0v) is 20.2. The molecular formula is C27H38OSi. The summed E-state index contributed by atoms with van der Waals surface area (Å²) in [5.74, 6) is 0. The number of allylic oxidation sites excluding steroid dienone is 3. The number of hydrogen-bond acceptors (Lipinski definition) is 1. The fraction of sp³-hybridized carbons (Fsp3) is 0.407. The SMILES string of the molecule is CC/C(C)=C\CC/C(C)=C/CO[Si](c1ccccc1)(c1ccccc1)C(C)(C)C. The normalized spacial score (nSPS) is 13.6. The van der Waals surface area contributed by atoms with Gasteiger partial charge in [-0.15, -0.1) is 0 Å². The van der Waals surface area contributed by atoms with Gasteiger partial charge in [-0.1, -0.05) is 112 Å². The van der Waals surface area contributed by atoms with Gasteiger partial charge in [0, 0.05) is 0 Å². The summed E-state index contributed by atoms with van der Waals surface area (Å²) in [5, 5.41) is 2.70. The molecule has 29 heavy (non-hydrogen) atoms. The van der Waals surface area contributed by atoms with Crippen LogP contribution < -0.4 is 10.4 Å². The zero-order valence-electron chi connectivity index (χ0n) is 19.2. The van der Waals surface area contributed by atoms with Gasteiger partial charge in [-0.05, 0) is 48.5 Å². The van der Waals surface area contributed by atoms with E-state index in [-0.39, 0.29) is 5.04 Å². The van der Waals surface area contributed by atoms with Crippen molar-refractivity contribution in [2.24, 2.45) is 0 Å². The van der Waals surface area contributed by atoms with E-state index < -0.39 is 8.32 Å². The average molecular weight is 407 g/mol. The van der Waals surface area contributed by atoms with Crippen molar-refractivity contribution in [3.8, 4) is 0 Å². The van der Waals surface area contributed by atoms with Crippen molar-refractivity contribution in [2.75, 3.05) is 6.61 Å². The van der Waals surface area contributed by atoms with Crippen LogP contribution in [0.3, 0.4) is 0 Å². The Balaban J connectivity index is 2.31. The fourth-order valence-electron chi connectivity index (χ4n) is 3.86. The molecule has 0 aliphatic heterocycles. The van der Waals surface area contributed by atoms with E-state index in [4.69, 9.17) is 4.43 Å². The molecule has 0 radical (unpaired) electrons. The molecule has 0 fully saturated rings. The second-order valence-corrected chi connectivity index (χ2v) is 13.3. The lowest BCUT2D eigenvalue weighted by atomic mass is 10.1. The Labute approximate surface area is 179 Å². The van der Waals surface area contributed by atoms with Gasteiger partial charge in [0.25, 0.3) is 8.32 Å². The summed E-state index contributed by atoms with van der Waals surface area (Å²) in [6.07, 6.45) is 8.00. The number of hydrogen-bond donors (Lipinski definition) is 0. The molecule has 0 N–H and O–H groups in total. The van der Waals surface area contributed by atoms with E-state index in [2.05, 4.69) is 114 Å². The summed E-state index contributed by atoms with van der Waals surface area (Å²) in [6.45, 7) is 14.3. The molecule has 2 rings (SSSR count). The Kier molecular flexibility index (Phi) is 8.67. The van der Waals surface area contributed by atoms with Crippen LogP contribution in [0.25, 0.3) is 0 Å². The summed E-state index contributed by atoms with van der Waals surface area (Å²) in [5.41, 5.74) is 2.88. The Morgan fingerprint density at radius 3 is 1.79 bits per heavy atom. The maximum Gasteiger partial charge on any atom is 0.261 e. The lowest BCUT2D eigenvalue weighted by Crippen LogP contribution is -2.66. The van der Waals surface area contributed by atoms with Crippen molar-refractivity contribution < 1.29 is 4.43 Å². The van der Waals surface area contributed by atoms with E-state index in [0.29, 0.717) is 6.61 Å². The largest absolute Gasteiger partial charge is 0.404 e. The predicted octanol–water partition coefficient (Wildman–Crippen LogP) is 6.65. The van der Waals surface area contributed by atoms with Gasteiger partial charge >= 0.3 is 0 Å². The summed E-state index contributed by atoms with van der Waals surface area (Å²) in [4.78, 5) is 0. The Bertz CT molecular complexity index is 758. The first-order chi connectivity index (χ1) is 13.8. The van der Waals surface area contributed by atoms with Crippen LogP contribution in [-0.4, -0.2) is 14.9 Å². The van der Waals surface area contributed by atoms with Crippen LogP contribution in [0.15, 0.2) is 84.0 Å². The molecule has 0 aliphatic carbocycles. The fourth-order valence-corrected chi connectivity index (χ4v) is 8.35. The summed E-state index contributed by atoms with van der Waals surface area (Å²) >= 11 is 0. The molecule has 0 amide bonds. The van der Waals surface area contributed by atoms with Gasteiger partial charge < -0.3 is 4.43 Å². The van der Waals surface area contributed by atoms with Crippen LogP contribution in [0.2, 0.25) is 5.04 Å². The van der Waals surface area contributed by atoms with Crippen LogP contribution >= 0.6 is 0 Å². The second-order valence-electron chi connectivity index (χ2n) is 8.97. The topological polar surface area (TPSA) is 9.23 Å². The van der Waals surface area contributed by atoms with Crippen molar-refractivity contribution in [2.45, 2.75) is 65.8 Å². The first kappa shape index (κ1) is 23.4. The van der Waals surface area contributed by atoms with Crippen molar-refractivity contribution in [1.29, 1.82) is 0 Å². The highest BCUT2D eigenvalue weighted by molar-refractivity contribution is 6.99. The van der Waals surface area contributed by atoms with Crippen LogP contribution in [0.4, 0.5) is 0 Å². The Morgan fingerprint density at radius 2 is 1.34 bits per heavy atom. The van der Waals surface area contributed by atoms with Crippen LogP contribution in [0, 0.1) is 0 Å². The molecule has 2 heteroatoms. The van der Waals surface area contributed by atoms with Gasteiger partial charge in [0.15, 0.2) is 0 Å². The van der Waals surface area contributed by atoms with Gasteiger partial charge in [-0.3, -0.25) is 0 Å². The zero-order chi connectivity index (χ0) is 21.3. The standard InChI is InChI=1S/C27H38OSi/c1-7-23(2)15-14-16-24(3)21-22-28-29(27(4,5)6,25-17-10-8-11-18-25)26-19-12-9-13-20-26/h8-13,15,17-21H,7,14,16,22H2,1-6H3/b23-15-,24-21+. The Hall–Kier alpha value is -1.90. The molecule has 0 bridgehead atoms. The highest BCUT2D eigenvalue weighted by Gasteiger charge is 2.49.